The normalized spacial score (nSPS) is 15.2. The standard InChI is InChI=1S/C39H75N.C3H6NO4S2/c1-3-5-7-9-11-13-15-17-19-21-23-25-27-29-31-33-37-40-38-34-36-39(40)35-32-30-28-26-24-22-20-18-16-14-12-10-8-6-4-2;5-9(6)2-1-3-10(7,8)4-9/h34,36,38H,3-33,35,37H2,1-2H3;1-3H2/q;-1. The predicted molar refractivity (Wildman–Crippen MR) is 218 cm³/mol. The van der Waals surface area contributed by atoms with Gasteiger partial charge < -0.3 is 8.69 Å². The van der Waals surface area contributed by atoms with Gasteiger partial charge in [0.1, 0.15) is 0 Å². The zero-order valence-electron chi connectivity index (χ0n) is 33.0. The number of unbranched alkanes of at least 4 members (excludes halogenated alkanes) is 29. The third-order valence-electron chi connectivity index (χ3n) is 10.2. The lowest BCUT2D eigenvalue weighted by molar-refractivity contribution is 0.515. The summed E-state index contributed by atoms with van der Waals surface area (Å²) in [4.78, 5) is 0. The summed E-state index contributed by atoms with van der Waals surface area (Å²) >= 11 is 0. The number of hydrogen-bond donors (Lipinski definition) is 0. The summed E-state index contributed by atoms with van der Waals surface area (Å²) in [5.74, 6) is -0.293. The monoisotopic (exact) mass is 742 g/mol. The highest BCUT2D eigenvalue weighted by Crippen LogP contribution is 2.19. The van der Waals surface area contributed by atoms with Crippen LogP contribution in [-0.2, 0) is 33.0 Å². The molecule has 0 spiro atoms. The molecule has 6 nitrogen and oxygen atoms in total. The molecule has 50 heavy (non-hydrogen) atoms. The number of hydrogen-bond acceptors (Lipinski definition) is 4. The molecular weight excluding hydrogens is 661 g/mol. The van der Waals surface area contributed by atoms with Gasteiger partial charge in [-0.2, -0.15) is 0 Å². The van der Waals surface area contributed by atoms with Crippen molar-refractivity contribution in [3.63, 3.8) is 0 Å². The van der Waals surface area contributed by atoms with E-state index in [2.05, 4.69) is 40.9 Å². The van der Waals surface area contributed by atoms with Crippen molar-refractivity contribution in [3.8, 4) is 0 Å². The third kappa shape index (κ3) is 29.7. The molecule has 2 heterocycles. The van der Waals surface area contributed by atoms with Crippen LogP contribution in [0.25, 0.3) is 4.13 Å². The van der Waals surface area contributed by atoms with Gasteiger partial charge in [0.05, 0.1) is 20.0 Å². The zero-order chi connectivity index (χ0) is 36.4. The summed E-state index contributed by atoms with van der Waals surface area (Å²) in [6.07, 6.45) is 48.7. The highest BCUT2D eigenvalue weighted by molar-refractivity contribution is 8.12. The molecule has 296 valence electrons. The van der Waals surface area contributed by atoms with Crippen LogP contribution in [0.15, 0.2) is 18.3 Å². The molecule has 1 aromatic rings. The fourth-order valence-corrected chi connectivity index (χ4v) is 10.3. The maximum Gasteiger partial charge on any atom is 0.0830 e. The lowest BCUT2D eigenvalue weighted by atomic mass is 10.0. The summed E-state index contributed by atoms with van der Waals surface area (Å²) in [7, 11) is -7.31. The molecule has 2 rings (SSSR count). The lowest BCUT2D eigenvalue weighted by Gasteiger charge is -2.25. The molecule has 1 aliphatic heterocycles. The Labute approximate surface area is 312 Å². The van der Waals surface area contributed by atoms with Gasteiger partial charge in [-0.1, -0.05) is 200 Å². The van der Waals surface area contributed by atoms with Crippen molar-refractivity contribution in [1.29, 1.82) is 0 Å². The van der Waals surface area contributed by atoms with E-state index in [1.807, 2.05) is 0 Å². The maximum atomic E-state index is 10.5. The van der Waals surface area contributed by atoms with Crippen LogP contribution in [0.3, 0.4) is 0 Å². The van der Waals surface area contributed by atoms with Gasteiger partial charge in [0.25, 0.3) is 0 Å². The van der Waals surface area contributed by atoms with E-state index in [0.717, 1.165) is 0 Å². The smallest absolute Gasteiger partial charge is 0.0830 e. The van der Waals surface area contributed by atoms with Crippen LogP contribution in [0.2, 0.25) is 0 Å². The molecular formula is C42H81N2O4S2-. The molecule has 1 aliphatic rings. The van der Waals surface area contributed by atoms with E-state index in [1.54, 1.807) is 5.69 Å². The number of sulfonamides is 2. The molecule has 0 radical (unpaired) electrons. The van der Waals surface area contributed by atoms with E-state index in [1.165, 1.54) is 212 Å². The largest absolute Gasteiger partial charge is 0.436 e. The van der Waals surface area contributed by atoms with E-state index in [-0.39, 0.29) is 17.9 Å². The minimum absolute atomic E-state index is 0.147. The van der Waals surface area contributed by atoms with Crippen molar-refractivity contribution in [3.05, 3.63) is 28.2 Å². The average molecular weight is 742 g/mol. The molecule has 0 unspecified atom stereocenters. The van der Waals surface area contributed by atoms with Crippen molar-refractivity contribution in [1.82, 2.24) is 4.57 Å². The Balaban J connectivity index is 0.00000106. The molecule has 1 aromatic heterocycles. The van der Waals surface area contributed by atoms with Gasteiger partial charge in [0.2, 0.25) is 0 Å². The number of nitrogens with zero attached hydrogens (tertiary/aromatic N) is 2. The van der Waals surface area contributed by atoms with Crippen molar-refractivity contribution in [2.24, 2.45) is 0 Å². The van der Waals surface area contributed by atoms with Gasteiger partial charge in [-0.05, 0) is 37.8 Å². The minimum atomic E-state index is -3.65. The quantitative estimate of drug-likeness (QED) is 0.0671. The van der Waals surface area contributed by atoms with Crippen LogP contribution in [0, 0.1) is 0 Å². The molecule has 0 N–H and O–H groups in total. The predicted octanol–water partition coefficient (Wildman–Crippen LogP) is 13.6. The van der Waals surface area contributed by atoms with Gasteiger partial charge >= 0.3 is 0 Å². The second-order valence-corrected chi connectivity index (χ2v) is 18.9. The fourth-order valence-electron chi connectivity index (χ4n) is 7.07. The first kappa shape index (κ1) is 47.2. The number of aromatic nitrogens is 1. The zero-order valence-corrected chi connectivity index (χ0v) is 34.7. The summed E-state index contributed by atoms with van der Waals surface area (Å²) in [6, 6.07) is 4.64. The molecule has 1 fully saturated rings. The second kappa shape index (κ2) is 32.8. The fraction of sp³-hybridized carbons (Fsp3) is 0.905. The second-order valence-electron chi connectivity index (χ2n) is 15.2. The van der Waals surface area contributed by atoms with Gasteiger partial charge in [-0.3, -0.25) is 0 Å². The molecule has 0 aliphatic carbocycles. The van der Waals surface area contributed by atoms with Crippen molar-refractivity contribution in [2.45, 2.75) is 232 Å². The first-order valence-corrected chi connectivity index (χ1v) is 24.8. The van der Waals surface area contributed by atoms with E-state index in [9.17, 15) is 16.8 Å². The molecule has 0 saturated carbocycles. The molecule has 1 saturated heterocycles. The van der Waals surface area contributed by atoms with Crippen molar-refractivity contribution < 1.29 is 16.8 Å². The Morgan fingerprint density at radius 2 is 0.800 bits per heavy atom. The van der Waals surface area contributed by atoms with Gasteiger partial charge in [0.15, 0.2) is 0 Å². The molecule has 0 atom stereocenters. The number of aryl methyl sites for hydroxylation is 2. The van der Waals surface area contributed by atoms with E-state index in [0.29, 0.717) is 0 Å². The topological polar surface area (TPSA) is 87.3 Å². The van der Waals surface area contributed by atoms with Crippen LogP contribution in [-0.4, -0.2) is 32.9 Å². The SMILES string of the molecule is CCCCCCCCCCCCCCCCCCn1cccc1CCCCCCCCCCCCCCCCC.O=S1(=O)CCCS(=O)(=O)[N-]1. The van der Waals surface area contributed by atoms with Crippen molar-refractivity contribution >= 4 is 20.0 Å². The van der Waals surface area contributed by atoms with E-state index >= 15 is 0 Å². The summed E-state index contributed by atoms with van der Waals surface area (Å²) in [6.45, 7) is 5.85. The van der Waals surface area contributed by atoms with Gasteiger partial charge in [-0.15, -0.1) is 0 Å². The minimum Gasteiger partial charge on any atom is -0.436 e. The first-order chi connectivity index (χ1) is 24.3. The summed E-state index contributed by atoms with van der Waals surface area (Å²) in [5.41, 5.74) is 1.58. The molecule has 8 heteroatoms. The first-order valence-electron chi connectivity index (χ1n) is 21.6. The highest BCUT2D eigenvalue weighted by Gasteiger charge is 2.14. The Morgan fingerprint density at radius 3 is 1.12 bits per heavy atom. The van der Waals surface area contributed by atoms with Crippen LogP contribution < -0.4 is 0 Å². The highest BCUT2D eigenvalue weighted by atomic mass is 32.3. The van der Waals surface area contributed by atoms with Gasteiger partial charge in [-0.25, -0.2) is 16.8 Å². The average Bonchev–Trinajstić information content (AvgIpc) is 3.52. The maximum absolute atomic E-state index is 10.5. The van der Waals surface area contributed by atoms with E-state index < -0.39 is 20.0 Å². The number of rotatable bonds is 33. The lowest BCUT2D eigenvalue weighted by Crippen LogP contribution is -2.20. The van der Waals surface area contributed by atoms with Crippen LogP contribution in [0.4, 0.5) is 0 Å². The molecule has 0 aromatic carbocycles. The third-order valence-corrected chi connectivity index (χ3v) is 13.7. The van der Waals surface area contributed by atoms with Crippen molar-refractivity contribution in [2.75, 3.05) is 11.5 Å². The molecule has 0 amide bonds. The Kier molecular flexibility index (Phi) is 30.9. The van der Waals surface area contributed by atoms with Crippen LogP contribution in [0.1, 0.15) is 225 Å². The van der Waals surface area contributed by atoms with Crippen LogP contribution >= 0.6 is 0 Å². The van der Waals surface area contributed by atoms with Crippen LogP contribution in [0.5, 0.6) is 0 Å². The Bertz CT molecular complexity index is 1050. The van der Waals surface area contributed by atoms with E-state index in [4.69, 9.17) is 0 Å². The Morgan fingerprint density at radius 1 is 0.480 bits per heavy atom. The van der Waals surface area contributed by atoms with Gasteiger partial charge in [0, 0.05) is 29.9 Å². The molecule has 0 bridgehead atoms. The summed E-state index contributed by atoms with van der Waals surface area (Å²) < 4.78 is 47.3. The summed E-state index contributed by atoms with van der Waals surface area (Å²) in [5, 5.41) is 0. The Hall–Kier alpha value is -0.860.